The molecule has 24 rings (SSSR count). The van der Waals surface area contributed by atoms with Gasteiger partial charge in [0.1, 0.15) is 86.7 Å². The van der Waals surface area contributed by atoms with Gasteiger partial charge in [-0.2, -0.15) is 0 Å². The van der Waals surface area contributed by atoms with Gasteiger partial charge in [0.25, 0.3) is 0 Å². The van der Waals surface area contributed by atoms with E-state index in [1.54, 1.807) is 21.3 Å². The maximum atomic E-state index is 13.2. The van der Waals surface area contributed by atoms with Crippen LogP contribution in [0.1, 0.15) is 231 Å². The number of piperidine rings is 1. The number of halogens is 1. The normalized spacial score (nSPS) is 21.6. The number of ether oxygens (including phenoxy) is 7. The highest BCUT2D eigenvalue weighted by Gasteiger charge is 2.53. The predicted molar refractivity (Wildman–Crippen MR) is 578 cm³/mol. The number of hydrogen-bond acceptors (Lipinski definition) is 22. The van der Waals surface area contributed by atoms with Crippen molar-refractivity contribution in [1.82, 2.24) is 73.5 Å². The van der Waals surface area contributed by atoms with Crippen LogP contribution < -0.4 is 59.1 Å². The summed E-state index contributed by atoms with van der Waals surface area (Å²) < 4.78 is 65.1. The van der Waals surface area contributed by atoms with Crippen molar-refractivity contribution < 1.29 is 61.6 Å². The minimum Gasteiger partial charge on any atom is -0.497 e. The Labute approximate surface area is 875 Å². The fourth-order valence-electron chi connectivity index (χ4n) is 22.1. The van der Waals surface area contributed by atoms with Gasteiger partial charge >= 0.3 is 7.12 Å². The minimum atomic E-state index is -0.507. The zero-order valence-electron chi connectivity index (χ0n) is 87.6. The Morgan fingerprint density at radius 1 is 0.392 bits per heavy atom. The van der Waals surface area contributed by atoms with Crippen molar-refractivity contribution in [2.24, 2.45) is 23.7 Å². The molecule has 2 N–H and O–H groups in total. The lowest BCUT2D eigenvalue weighted by atomic mass is 9.78. The number of pyridine rings is 2. The monoisotopic (exact) mass is 2070 g/mol. The van der Waals surface area contributed by atoms with Crippen molar-refractivity contribution in [3.63, 3.8) is 0 Å². The summed E-state index contributed by atoms with van der Waals surface area (Å²) in [6, 6.07) is 51.0. The van der Waals surface area contributed by atoms with E-state index in [4.69, 9.17) is 67.4 Å². The zero-order valence-corrected chi connectivity index (χ0v) is 89.2. The molecule has 0 radical (unpaired) electrons. The molecule has 0 spiro atoms. The van der Waals surface area contributed by atoms with Crippen molar-refractivity contribution in [1.29, 1.82) is 0 Å². The number of amides is 4. The van der Waals surface area contributed by atoms with Crippen LogP contribution in [0.5, 0.6) is 40.2 Å². The number of anilines is 2. The molecule has 11 aliphatic rings. The molecule has 7 aromatic carbocycles. The molecule has 32 heteroatoms. The molecule has 4 saturated carbocycles. The SMILES string of the molecule is COc1ccc([C@@H](C)N2C[C@H]([C@@H](C)Oc3cc(-c4ccc(N5CCCCC5)cn4)cc4ncn(C5CC5)c34)CC2=O)cc1.COc1ccc([C@@H](C)N2C[C@H]([C@@H](C)Oc3cc(B4OC(C)(C)C(C)(C)O4)cc4ncn(C5CC5)c34)CC2=O)cc1.COc1ccc([C@@H](C)N2C[C@H]([C@@H](C)Oc3cc(Br)cc4ncn(C5CC5)c34)CC2=O)cc1.C[C@@H](Oc1cc(-c2ccc(N3CCNCC3)cn2)cc2ncn(C3CC3)c12)[C@H]1CNC(=O)C1. The van der Waals surface area contributed by atoms with E-state index in [1.807, 2.05) is 137 Å². The van der Waals surface area contributed by atoms with E-state index in [2.05, 4.69) is 196 Å². The second-order valence-electron chi connectivity index (χ2n) is 43.5. The second-order valence-corrected chi connectivity index (χ2v) is 44.4. The molecule has 0 bridgehead atoms. The highest BCUT2D eigenvalue weighted by molar-refractivity contribution is 9.10. The minimum absolute atomic E-state index is 0.0130. The number of carbonyl (C=O) groups excluding carboxylic acids is 4. The summed E-state index contributed by atoms with van der Waals surface area (Å²) in [7, 11) is 4.47. The number of imidazole rings is 4. The van der Waals surface area contributed by atoms with Crippen molar-refractivity contribution >= 4 is 108 Å². The number of nitrogens with zero attached hydrogens (tertiary/aromatic N) is 15. The van der Waals surface area contributed by atoms with Gasteiger partial charge in [0, 0.05) is 155 Å². The number of hydrogen-bond donors (Lipinski definition) is 2. The quantitative estimate of drug-likeness (QED) is 0.0395. The Hall–Kier alpha value is -12.8. The van der Waals surface area contributed by atoms with Gasteiger partial charge in [0.15, 0.2) is 0 Å². The van der Waals surface area contributed by atoms with E-state index >= 15 is 0 Å². The number of piperazine rings is 1. The lowest BCUT2D eigenvalue weighted by Gasteiger charge is -2.32. The van der Waals surface area contributed by atoms with E-state index in [-0.39, 0.29) is 89.8 Å². The van der Waals surface area contributed by atoms with Crippen LogP contribution in [-0.4, -0.2) is 216 Å². The molecule has 4 amide bonds. The van der Waals surface area contributed by atoms with Crippen molar-refractivity contribution in [3.8, 4) is 62.8 Å². The van der Waals surface area contributed by atoms with Crippen LogP contribution in [-0.2, 0) is 28.5 Å². The predicted octanol–water partition coefficient (Wildman–Crippen LogP) is 20.1. The standard InChI is InChI=1S/C35H41N5O3.C31H40BN3O5.C25H28BrN3O3.C25H30N6O2/c1-23(25-7-12-30(42-3)13-8-25)39-21-27(19-34(39)41)24(2)43-33-18-26(17-32-35(33)40(22-37-32)28-9-10-28)31-14-11-29(20-36-31)38-15-5-4-6-16-38;1-19(21-8-12-25(37-7)13-9-21)34-17-22(14-28(34)36)20(2)38-27-16-23(32-39-30(3,4)31(5,6)40-32)15-26-29(27)35(18-33-26)24-10-11-24;1-15(17-4-8-21(31-3)9-5-17)28-13-18(10-24(28)30)16(2)32-23-12-19(26)11-22-25(23)29(14-27-22)20-6-7-20;1-16(18-12-24(32)28-13-18)33-23-11-17(10-22-25(23)31(15-29-22)19-2-3-19)21-5-4-20(14-27-21)30-8-6-26-7-9-30/h7-8,11-14,17-18,20,22-24,27-28H,4-6,9-10,15-16,19,21H2,1-3H3;8-9,12-13,15-16,18-20,22,24H,10-11,14,17H2,1-7H3;4-5,8-9,11-12,14-16,18,20H,6-7,10,13H2,1-3H3;4-5,10-11,14-16,18-19,26H,2-3,6-9,12-13H2,1H3,(H,28,32)/t23-,24-,27-;19-,20-,22-;15-,16-,18-;16-,18-/m1111/s1. The third kappa shape index (κ3) is 21.8. The van der Waals surface area contributed by atoms with Crippen molar-refractivity contribution in [2.75, 3.05) is 96.6 Å². The third-order valence-electron chi connectivity index (χ3n) is 32.8. The lowest BCUT2D eigenvalue weighted by Crippen LogP contribution is -2.43. The van der Waals surface area contributed by atoms with Crippen LogP contribution in [0.2, 0.25) is 0 Å². The van der Waals surface area contributed by atoms with Crippen LogP contribution in [0.4, 0.5) is 11.4 Å². The van der Waals surface area contributed by atoms with Gasteiger partial charge in [-0.1, -0.05) is 52.3 Å². The van der Waals surface area contributed by atoms with Crippen LogP contribution in [0.3, 0.4) is 0 Å². The van der Waals surface area contributed by atoms with Gasteiger partial charge in [-0.25, -0.2) is 19.9 Å². The van der Waals surface area contributed by atoms with Gasteiger partial charge in [-0.05, 0) is 278 Å². The van der Waals surface area contributed by atoms with Gasteiger partial charge < -0.3 is 95.9 Å². The van der Waals surface area contributed by atoms with Crippen molar-refractivity contribution in [3.05, 3.63) is 204 Å². The second kappa shape index (κ2) is 42.7. The molecular weight excluding hydrogens is 1930 g/mol. The molecule has 13 aromatic rings. The maximum absolute atomic E-state index is 13.2. The lowest BCUT2D eigenvalue weighted by molar-refractivity contribution is -0.130. The third-order valence-corrected chi connectivity index (χ3v) is 33.2. The first-order chi connectivity index (χ1) is 71.5. The first-order valence-corrected chi connectivity index (χ1v) is 54.2. The number of carbonyl (C=O) groups is 4. The van der Waals surface area contributed by atoms with E-state index in [1.165, 1.54) is 50.6 Å². The van der Waals surface area contributed by atoms with E-state index < -0.39 is 18.3 Å². The maximum Gasteiger partial charge on any atom is 0.495 e. The highest BCUT2D eigenvalue weighted by Crippen LogP contribution is 2.49. The summed E-state index contributed by atoms with van der Waals surface area (Å²) in [5.41, 5.74) is 17.3. The average molecular weight is 2070 g/mol. The largest absolute Gasteiger partial charge is 0.497 e. The topological polar surface area (TPSA) is 289 Å². The molecule has 0 unspecified atom stereocenters. The Balaban J connectivity index is 0.000000116. The molecule has 7 saturated heterocycles. The zero-order chi connectivity index (χ0) is 103. The van der Waals surface area contributed by atoms with Crippen LogP contribution in [0, 0.1) is 23.7 Å². The summed E-state index contributed by atoms with van der Waals surface area (Å²) in [6.45, 7) is 31.7. The average Bonchev–Trinajstić information content (AvgIpc) is 1.60. The highest BCUT2D eigenvalue weighted by atomic mass is 79.9. The summed E-state index contributed by atoms with van der Waals surface area (Å²) >= 11 is 3.59. The molecule has 776 valence electrons. The van der Waals surface area contributed by atoms with E-state index in [9.17, 15) is 19.2 Å². The van der Waals surface area contributed by atoms with Crippen LogP contribution >= 0.6 is 15.9 Å². The number of fused-ring (bicyclic) bond motifs is 4. The number of likely N-dealkylation sites (tertiary alicyclic amines) is 3. The number of benzene rings is 7. The van der Waals surface area contributed by atoms with Crippen LogP contribution in [0.25, 0.3) is 66.6 Å². The Morgan fingerprint density at radius 3 is 1.08 bits per heavy atom. The van der Waals surface area contributed by atoms with E-state index in [0.717, 1.165) is 204 Å². The smallest absolute Gasteiger partial charge is 0.495 e. The number of nitrogens with one attached hydrogen (secondary N) is 2. The fraction of sp³-hybridized carbons (Fsp3) is 0.483. The Kier molecular flexibility index (Phi) is 29.2. The molecule has 30 nitrogen and oxygen atoms in total. The van der Waals surface area contributed by atoms with Gasteiger partial charge in [-0.15, -0.1) is 0 Å². The Bertz CT molecular complexity index is 6930. The summed E-state index contributed by atoms with van der Waals surface area (Å²) in [4.78, 5) is 90.2. The number of methoxy groups -OCH3 is 3. The molecular formula is C116H139BBrN17O13. The van der Waals surface area contributed by atoms with Crippen molar-refractivity contribution in [2.45, 2.75) is 250 Å². The van der Waals surface area contributed by atoms with Crippen LogP contribution in [0.15, 0.2) is 188 Å². The summed E-state index contributed by atoms with van der Waals surface area (Å²) in [5.74, 6) is 6.76. The molecule has 148 heavy (non-hydrogen) atoms. The first kappa shape index (κ1) is 101. The Morgan fingerprint density at radius 2 is 0.736 bits per heavy atom. The fourth-order valence-corrected chi connectivity index (χ4v) is 22.5. The molecule has 4 aliphatic carbocycles. The molecule has 11 fully saturated rings. The molecule has 7 aliphatic heterocycles. The van der Waals surface area contributed by atoms with E-state index in [0.29, 0.717) is 76.0 Å². The number of aromatic nitrogens is 10. The molecule has 13 heterocycles. The molecule has 6 aromatic heterocycles. The first-order valence-electron chi connectivity index (χ1n) is 53.5. The summed E-state index contributed by atoms with van der Waals surface area (Å²) in [5, 5.41) is 6.31. The summed E-state index contributed by atoms with van der Waals surface area (Å²) in [6.07, 6.45) is 26.3. The van der Waals surface area contributed by atoms with Gasteiger partial charge in [-0.3, -0.25) is 29.1 Å². The number of rotatable bonds is 30. The van der Waals surface area contributed by atoms with Gasteiger partial charge in [0.2, 0.25) is 23.6 Å². The van der Waals surface area contributed by atoms with Gasteiger partial charge in [0.05, 0.1) is 133 Å². The molecule has 11 atom stereocenters.